The number of hydrogen-bond donors (Lipinski definition) is 1. The predicted molar refractivity (Wildman–Crippen MR) is 78.4 cm³/mol. The molecule has 2 aromatic rings. The monoisotopic (exact) mass is 275 g/mol. The SMILES string of the molecule is CCCCCCn1nnnc1-c1cc(N)ccc1OC. The van der Waals surface area contributed by atoms with Gasteiger partial charge in [-0.3, -0.25) is 0 Å². The molecule has 6 nitrogen and oxygen atoms in total. The van der Waals surface area contributed by atoms with Crippen LogP contribution in [0.2, 0.25) is 0 Å². The Morgan fingerprint density at radius 2 is 2.10 bits per heavy atom. The zero-order chi connectivity index (χ0) is 14.4. The number of methoxy groups -OCH3 is 1. The third-order valence-corrected chi connectivity index (χ3v) is 3.22. The van der Waals surface area contributed by atoms with Crippen molar-refractivity contribution < 1.29 is 4.74 Å². The van der Waals surface area contributed by atoms with Gasteiger partial charge in [0.15, 0.2) is 5.82 Å². The molecule has 0 saturated heterocycles. The molecule has 6 heteroatoms. The van der Waals surface area contributed by atoms with E-state index < -0.39 is 0 Å². The van der Waals surface area contributed by atoms with Gasteiger partial charge < -0.3 is 10.5 Å². The van der Waals surface area contributed by atoms with E-state index in [9.17, 15) is 0 Å². The van der Waals surface area contributed by atoms with E-state index in [0.29, 0.717) is 11.5 Å². The Labute approximate surface area is 118 Å². The molecule has 0 unspecified atom stereocenters. The summed E-state index contributed by atoms with van der Waals surface area (Å²) in [5, 5.41) is 11.9. The Kier molecular flexibility index (Phi) is 4.92. The van der Waals surface area contributed by atoms with Crippen molar-refractivity contribution in [3.8, 4) is 17.1 Å². The average molecular weight is 275 g/mol. The number of nitrogens with zero attached hydrogens (tertiary/aromatic N) is 4. The predicted octanol–water partition coefficient (Wildman–Crippen LogP) is 2.51. The normalized spacial score (nSPS) is 10.7. The summed E-state index contributed by atoms with van der Waals surface area (Å²) in [6, 6.07) is 5.48. The second-order valence-electron chi connectivity index (χ2n) is 4.75. The minimum absolute atomic E-state index is 0.668. The summed E-state index contributed by atoms with van der Waals surface area (Å²) in [6.07, 6.45) is 4.70. The van der Waals surface area contributed by atoms with Crippen molar-refractivity contribution in [2.24, 2.45) is 0 Å². The number of tetrazole rings is 1. The van der Waals surface area contributed by atoms with Gasteiger partial charge in [0.25, 0.3) is 0 Å². The van der Waals surface area contributed by atoms with Crippen LogP contribution in [0.3, 0.4) is 0 Å². The van der Waals surface area contributed by atoms with Crippen LogP contribution >= 0.6 is 0 Å². The Bertz CT molecular complexity index is 552. The Morgan fingerprint density at radius 3 is 2.85 bits per heavy atom. The lowest BCUT2D eigenvalue weighted by Gasteiger charge is -2.09. The number of rotatable bonds is 7. The molecule has 20 heavy (non-hydrogen) atoms. The van der Waals surface area contributed by atoms with Gasteiger partial charge in [-0.1, -0.05) is 26.2 Å². The molecule has 2 rings (SSSR count). The molecule has 108 valence electrons. The summed E-state index contributed by atoms with van der Waals surface area (Å²) in [6.45, 7) is 3.00. The first-order chi connectivity index (χ1) is 9.76. The Balaban J connectivity index is 2.21. The van der Waals surface area contributed by atoms with E-state index in [4.69, 9.17) is 10.5 Å². The Hall–Kier alpha value is -2.11. The second-order valence-corrected chi connectivity index (χ2v) is 4.75. The van der Waals surface area contributed by atoms with Gasteiger partial charge in [-0.25, -0.2) is 4.68 Å². The topological polar surface area (TPSA) is 78.9 Å². The number of ether oxygens (including phenoxy) is 1. The van der Waals surface area contributed by atoms with E-state index in [1.807, 2.05) is 16.8 Å². The molecule has 1 heterocycles. The van der Waals surface area contributed by atoms with Crippen LogP contribution in [0.4, 0.5) is 5.69 Å². The third-order valence-electron chi connectivity index (χ3n) is 3.22. The number of nitrogen functional groups attached to an aromatic ring is 1. The van der Waals surface area contributed by atoms with Gasteiger partial charge in [-0.05, 0) is 35.0 Å². The van der Waals surface area contributed by atoms with Crippen LogP contribution in [0.25, 0.3) is 11.4 Å². The van der Waals surface area contributed by atoms with Crippen molar-refractivity contribution >= 4 is 5.69 Å². The summed E-state index contributed by atoms with van der Waals surface area (Å²) >= 11 is 0. The van der Waals surface area contributed by atoms with Crippen LogP contribution in [-0.4, -0.2) is 27.3 Å². The Morgan fingerprint density at radius 1 is 1.25 bits per heavy atom. The number of aryl methyl sites for hydroxylation is 1. The average Bonchev–Trinajstić information content (AvgIpc) is 2.92. The maximum absolute atomic E-state index is 5.84. The van der Waals surface area contributed by atoms with Gasteiger partial charge in [0.05, 0.1) is 12.7 Å². The van der Waals surface area contributed by atoms with Gasteiger partial charge in [-0.15, -0.1) is 5.10 Å². The number of unbranched alkanes of at least 4 members (excludes halogenated alkanes) is 3. The van der Waals surface area contributed by atoms with Crippen LogP contribution in [0, 0.1) is 0 Å². The summed E-state index contributed by atoms with van der Waals surface area (Å²) in [4.78, 5) is 0. The number of anilines is 1. The largest absolute Gasteiger partial charge is 0.496 e. The van der Waals surface area contributed by atoms with E-state index >= 15 is 0 Å². The quantitative estimate of drug-likeness (QED) is 0.620. The first-order valence-corrected chi connectivity index (χ1v) is 6.96. The summed E-state index contributed by atoms with van der Waals surface area (Å²) in [5.74, 6) is 1.43. The van der Waals surface area contributed by atoms with Gasteiger partial charge in [0, 0.05) is 12.2 Å². The second kappa shape index (κ2) is 6.88. The maximum Gasteiger partial charge on any atom is 0.185 e. The van der Waals surface area contributed by atoms with Crippen molar-refractivity contribution in [2.45, 2.75) is 39.2 Å². The van der Waals surface area contributed by atoms with Crippen LogP contribution < -0.4 is 10.5 Å². The van der Waals surface area contributed by atoms with Crippen molar-refractivity contribution in [3.05, 3.63) is 18.2 Å². The molecular weight excluding hydrogens is 254 g/mol. The maximum atomic E-state index is 5.84. The van der Waals surface area contributed by atoms with E-state index in [0.717, 1.165) is 24.3 Å². The first kappa shape index (κ1) is 14.3. The third kappa shape index (κ3) is 3.26. The number of benzene rings is 1. The molecule has 0 radical (unpaired) electrons. The fraction of sp³-hybridized carbons (Fsp3) is 0.500. The molecule has 0 aliphatic carbocycles. The highest BCUT2D eigenvalue weighted by molar-refractivity contribution is 5.68. The molecule has 0 atom stereocenters. The summed E-state index contributed by atoms with van der Waals surface area (Å²) < 4.78 is 7.17. The van der Waals surface area contributed by atoms with Crippen molar-refractivity contribution in [2.75, 3.05) is 12.8 Å². The van der Waals surface area contributed by atoms with E-state index in [1.165, 1.54) is 19.3 Å². The van der Waals surface area contributed by atoms with Crippen molar-refractivity contribution in [1.29, 1.82) is 0 Å². The van der Waals surface area contributed by atoms with Gasteiger partial charge >= 0.3 is 0 Å². The molecule has 0 saturated carbocycles. The number of aromatic nitrogens is 4. The van der Waals surface area contributed by atoms with Crippen LogP contribution in [0.5, 0.6) is 5.75 Å². The summed E-state index contributed by atoms with van der Waals surface area (Å²) in [7, 11) is 1.63. The standard InChI is InChI=1S/C14H21N5O/c1-3-4-5-6-9-19-14(16-17-18-19)12-10-11(15)7-8-13(12)20-2/h7-8,10H,3-6,9,15H2,1-2H3. The van der Waals surface area contributed by atoms with E-state index in [2.05, 4.69) is 22.4 Å². The number of hydrogen-bond acceptors (Lipinski definition) is 5. The molecule has 0 bridgehead atoms. The fourth-order valence-electron chi connectivity index (χ4n) is 2.14. The van der Waals surface area contributed by atoms with E-state index in [-0.39, 0.29) is 0 Å². The van der Waals surface area contributed by atoms with Gasteiger partial charge in [0.1, 0.15) is 5.75 Å². The lowest BCUT2D eigenvalue weighted by atomic mass is 10.1. The molecule has 0 spiro atoms. The lowest BCUT2D eigenvalue weighted by molar-refractivity contribution is 0.415. The molecule has 1 aromatic heterocycles. The van der Waals surface area contributed by atoms with Crippen molar-refractivity contribution in [3.63, 3.8) is 0 Å². The highest BCUT2D eigenvalue weighted by atomic mass is 16.5. The zero-order valence-electron chi connectivity index (χ0n) is 12.0. The zero-order valence-corrected chi connectivity index (χ0v) is 12.0. The first-order valence-electron chi connectivity index (χ1n) is 6.96. The van der Waals surface area contributed by atoms with Gasteiger partial charge in [-0.2, -0.15) is 0 Å². The minimum atomic E-state index is 0.668. The van der Waals surface area contributed by atoms with Crippen LogP contribution in [-0.2, 0) is 6.54 Å². The molecule has 0 amide bonds. The van der Waals surface area contributed by atoms with E-state index in [1.54, 1.807) is 13.2 Å². The minimum Gasteiger partial charge on any atom is -0.496 e. The van der Waals surface area contributed by atoms with Crippen LogP contribution in [0.1, 0.15) is 32.6 Å². The van der Waals surface area contributed by atoms with Crippen molar-refractivity contribution in [1.82, 2.24) is 20.2 Å². The molecule has 0 fully saturated rings. The molecular formula is C14H21N5O. The molecule has 2 N–H and O–H groups in total. The smallest absolute Gasteiger partial charge is 0.185 e. The molecule has 0 aliphatic rings. The fourth-order valence-corrected chi connectivity index (χ4v) is 2.14. The van der Waals surface area contributed by atoms with Crippen LogP contribution in [0.15, 0.2) is 18.2 Å². The number of nitrogens with two attached hydrogens (primary N) is 1. The lowest BCUT2D eigenvalue weighted by Crippen LogP contribution is -2.04. The van der Waals surface area contributed by atoms with Gasteiger partial charge in [0.2, 0.25) is 0 Å². The molecule has 1 aromatic carbocycles. The molecule has 0 aliphatic heterocycles. The summed E-state index contributed by atoms with van der Waals surface area (Å²) in [5.41, 5.74) is 7.34. The highest BCUT2D eigenvalue weighted by Gasteiger charge is 2.14. The highest BCUT2D eigenvalue weighted by Crippen LogP contribution is 2.30.